The summed E-state index contributed by atoms with van der Waals surface area (Å²) in [5.74, 6) is 2.73. The molecular weight excluding hydrogens is 192 g/mol. The number of unbranched alkanes of at least 4 members (excludes halogenated alkanes) is 1. The van der Waals surface area contributed by atoms with E-state index in [2.05, 4.69) is 26.5 Å². The minimum atomic E-state index is 0.543. The van der Waals surface area contributed by atoms with Crippen molar-refractivity contribution in [1.82, 2.24) is 0 Å². The second-order valence-corrected chi connectivity index (χ2v) is 5.14. The third-order valence-electron chi connectivity index (χ3n) is 3.46. The number of rotatable bonds is 5. The number of thiol groups is 1. The summed E-state index contributed by atoms with van der Waals surface area (Å²) < 4.78 is 5.87. The molecule has 0 aromatic rings. The van der Waals surface area contributed by atoms with Gasteiger partial charge in [-0.15, -0.1) is 0 Å². The summed E-state index contributed by atoms with van der Waals surface area (Å²) in [4.78, 5) is 0. The lowest BCUT2D eigenvalue weighted by molar-refractivity contribution is 0.00158. The van der Waals surface area contributed by atoms with Crippen LogP contribution in [-0.4, -0.2) is 18.5 Å². The van der Waals surface area contributed by atoms with Crippen molar-refractivity contribution in [1.29, 1.82) is 0 Å². The summed E-state index contributed by atoms with van der Waals surface area (Å²) in [7, 11) is 0. The molecule has 1 nitrogen and oxygen atoms in total. The molecule has 1 rings (SSSR count). The fraction of sp³-hybridized carbons (Fsp3) is 1.00. The first-order valence-corrected chi connectivity index (χ1v) is 6.59. The van der Waals surface area contributed by atoms with Gasteiger partial charge in [0, 0.05) is 6.61 Å². The smallest absolute Gasteiger partial charge is 0.0577 e. The Bertz CT molecular complexity index is 149. The molecule has 0 N–H and O–H groups in total. The molecular formula is C12H24OS. The highest BCUT2D eigenvalue weighted by atomic mass is 32.1. The van der Waals surface area contributed by atoms with Crippen LogP contribution in [0.3, 0.4) is 0 Å². The van der Waals surface area contributed by atoms with Crippen molar-refractivity contribution in [3.05, 3.63) is 0 Å². The molecule has 84 valence electrons. The molecule has 0 aliphatic heterocycles. The van der Waals surface area contributed by atoms with E-state index >= 15 is 0 Å². The maximum Gasteiger partial charge on any atom is 0.0577 e. The van der Waals surface area contributed by atoms with Crippen LogP contribution in [0, 0.1) is 11.8 Å². The van der Waals surface area contributed by atoms with Crippen LogP contribution in [0.5, 0.6) is 0 Å². The van der Waals surface area contributed by atoms with Crippen molar-refractivity contribution in [3.63, 3.8) is 0 Å². The van der Waals surface area contributed by atoms with E-state index in [1.54, 1.807) is 0 Å². The van der Waals surface area contributed by atoms with Crippen LogP contribution in [-0.2, 0) is 4.74 Å². The second-order valence-electron chi connectivity index (χ2n) is 4.69. The van der Waals surface area contributed by atoms with Crippen LogP contribution in [0.1, 0.15) is 46.0 Å². The van der Waals surface area contributed by atoms with Crippen molar-refractivity contribution in [2.24, 2.45) is 11.8 Å². The molecule has 0 aromatic heterocycles. The SMILES string of the molecule is CC1CCC(OCCCCS)CC1C. The molecule has 1 aliphatic carbocycles. The van der Waals surface area contributed by atoms with E-state index in [1.807, 2.05) is 0 Å². The predicted molar refractivity (Wildman–Crippen MR) is 65.0 cm³/mol. The van der Waals surface area contributed by atoms with Gasteiger partial charge >= 0.3 is 0 Å². The Kier molecular flexibility index (Phi) is 5.95. The van der Waals surface area contributed by atoms with Crippen LogP contribution in [0.2, 0.25) is 0 Å². The van der Waals surface area contributed by atoms with Crippen molar-refractivity contribution < 1.29 is 4.74 Å². The van der Waals surface area contributed by atoms with Gasteiger partial charge in [-0.25, -0.2) is 0 Å². The van der Waals surface area contributed by atoms with E-state index in [0.29, 0.717) is 6.10 Å². The Morgan fingerprint density at radius 2 is 1.93 bits per heavy atom. The van der Waals surface area contributed by atoms with Gasteiger partial charge in [0.15, 0.2) is 0 Å². The summed E-state index contributed by atoms with van der Waals surface area (Å²) in [6, 6.07) is 0. The van der Waals surface area contributed by atoms with Crippen molar-refractivity contribution in [2.45, 2.75) is 52.1 Å². The van der Waals surface area contributed by atoms with Gasteiger partial charge in [-0.05, 0) is 49.7 Å². The number of ether oxygens (including phenoxy) is 1. The lowest BCUT2D eigenvalue weighted by atomic mass is 9.80. The van der Waals surface area contributed by atoms with Gasteiger partial charge in [0.25, 0.3) is 0 Å². The van der Waals surface area contributed by atoms with Crippen LogP contribution in [0.25, 0.3) is 0 Å². The van der Waals surface area contributed by atoms with Gasteiger partial charge in [0.05, 0.1) is 6.10 Å². The van der Waals surface area contributed by atoms with Crippen molar-refractivity contribution in [3.8, 4) is 0 Å². The lowest BCUT2D eigenvalue weighted by Crippen LogP contribution is -2.27. The Balaban J connectivity index is 2.07. The summed E-state index contributed by atoms with van der Waals surface area (Å²) in [6.07, 6.45) is 6.78. The summed E-state index contributed by atoms with van der Waals surface area (Å²) >= 11 is 4.19. The van der Waals surface area contributed by atoms with Crippen LogP contribution < -0.4 is 0 Å². The van der Waals surface area contributed by atoms with Crippen LogP contribution >= 0.6 is 12.6 Å². The standard InChI is InChI=1S/C12H24OS/c1-10-5-6-12(9-11(10)2)13-7-3-4-8-14/h10-12,14H,3-9H2,1-2H3. The maximum absolute atomic E-state index is 5.87. The highest BCUT2D eigenvalue weighted by Crippen LogP contribution is 2.30. The summed E-state index contributed by atoms with van der Waals surface area (Å²) in [6.45, 7) is 5.65. The number of hydrogen-bond acceptors (Lipinski definition) is 2. The Morgan fingerprint density at radius 1 is 1.14 bits per heavy atom. The molecule has 0 aromatic carbocycles. The molecule has 1 saturated carbocycles. The second kappa shape index (κ2) is 6.73. The quantitative estimate of drug-likeness (QED) is 0.546. The zero-order chi connectivity index (χ0) is 10.4. The average Bonchev–Trinajstić information content (AvgIpc) is 2.18. The van der Waals surface area contributed by atoms with E-state index in [-0.39, 0.29) is 0 Å². The van der Waals surface area contributed by atoms with E-state index < -0.39 is 0 Å². The normalized spacial score (nSPS) is 33.2. The van der Waals surface area contributed by atoms with E-state index in [1.165, 1.54) is 32.1 Å². The molecule has 3 atom stereocenters. The fourth-order valence-corrected chi connectivity index (χ4v) is 2.34. The van der Waals surface area contributed by atoms with E-state index in [0.717, 1.165) is 24.2 Å². The zero-order valence-corrected chi connectivity index (χ0v) is 10.4. The molecule has 3 unspecified atom stereocenters. The molecule has 1 fully saturated rings. The Labute approximate surface area is 94.0 Å². The van der Waals surface area contributed by atoms with E-state index in [4.69, 9.17) is 4.74 Å². The van der Waals surface area contributed by atoms with Crippen molar-refractivity contribution in [2.75, 3.05) is 12.4 Å². The molecule has 0 spiro atoms. The van der Waals surface area contributed by atoms with Gasteiger partial charge in [0.2, 0.25) is 0 Å². The van der Waals surface area contributed by atoms with E-state index in [9.17, 15) is 0 Å². The molecule has 0 saturated heterocycles. The van der Waals surface area contributed by atoms with Gasteiger partial charge in [0.1, 0.15) is 0 Å². The molecule has 1 aliphatic rings. The summed E-state index contributed by atoms with van der Waals surface area (Å²) in [5.41, 5.74) is 0. The maximum atomic E-state index is 5.87. The van der Waals surface area contributed by atoms with Gasteiger partial charge in [-0.1, -0.05) is 13.8 Å². The number of hydrogen-bond donors (Lipinski definition) is 1. The molecule has 2 heteroatoms. The van der Waals surface area contributed by atoms with Crippen LogP contribution in [0.4, 0.5) is 0 Å². The molecule has 0 radical (unpaired) electrons. The first kappa shape index (κ1) is 12.4. The Morgan fingerprint density at radius 3 is 2.57 bits per heavy atom. The largest absolute Gasteiger partial charge is 0.378 e. The fourth-order valence-electron chi connectivity index (χ4n) is 2.11. The van der Waals surface area contributed by atoms with Crippen molar-refractivity contribution >= 4 is 12.6 Å². The minimum absolute atomic E-state index is 0.543. The van der Waals surface area contributed by atoms with Gasteiger partial charge in [-0.3, -0.25) is 0 Å². The molecule has 0 bridgehead atoms. The predicted octanol–water partition coefficient (Wildman–Crippen LogP) is 3.54. The van der Waals surface area contributed by atoms with Crippen LogP contribution in [0.15, 0.2) is 0 Å². The first-order chi connectivity index (χ1) is 6.74. The monoisotopic (exact) mass is 216 g/mol. The topological polar surface area (TPSA) is 9.23 Å². The highest BCUT2D eigenvalue weighted by Gasteiger charge is 2.24. The molecule has 0 amide bonds. The highest BCUT2D eigenvalue weighted by molar-refractivity contribution is 7.80. The lowest BCUT2D eigenvalue weighted by Gasteiger charge is -2.31. The summed E-state index contributed by atoms with van der Waals surface area (Å²) in [5, 5.41) is 0. The van der Waals surface area contributed by atoms with Gasteiger partial charge in [-0.2, -0.15) is 12.6 Å². The Hall–Kier alpha value is 0.310. The third kappa shape index (κ3) is 4.22. The zero-order valence-electron chi connectivity index (χ0n) is 9.54. The third-order valence-corrected chi connectivity index (χ3v) is 3.77. The molecule has 0 heterocycles. The first-order valence-electron chi connectivity index (χ1n) is 5.96. The van der Waals surface area contributed by atoms with Gasteiger partial charge < -0.3 is 4.74 Å². The minimum Gasteiger partial charge on any atom is -0.378 e. The molecule has 14 heavy (non-hydrogen) atoms. The average molecular weight is 216 g/mol.